The molecule has 0 aliphatic carbocycles. The maximum absolute atomic E-state index is 11.0. The number of nitrogens with two attached hydrogens (primary N) is 1. The Morgan fingerprint density at radius 2 is 2.43 bits per heavy atom. The van der Waals surface area contributed by atoms with Gasteiger partial charge in [-0.1, -0.05) is 13.8 Å². The van der Waals surface area contributed by atoms with Crippen LogP contribution in [0.1, 0.15) is 13.8 Å². The van der Waals surface area contributed by atoms with Gasteiger partial charge in [-0.05, 0) is 5.92 Å². The van der Waals surface area contributed by atoms with Gasteiger partial charge in [0.1, 0.15) is 5.82 Å². The van der Waals surface area contributed by atoms with E-state index in [1.165, 1.54) is 0 Å². The molecule has 0 aliphatic heterocycles. The lowest BCUT2D eigenvalue weighted by Crippen LogP contribution is -2.24. The summed E-state index contributed by atoms with van der Waals surface area (Å²) in [6, 6.07) is 1.76. The summed E-state index contributed by atoms with van der Waals surface area (Å²) in [6.07, 6.45) is 1.66. The number of hydrogen-bond donors (Lipinski definition) is 2. The van der Waals surface area contributed by atoms with E-state index in [-0.39, 0.29) is 12.5 Å². The molecule has 0 saturated carbocycles. The minimum absolute atomic E-state index is 0.00708. The summed E-state index contributed by atoms with van der Waals surface area (Å²) in [5.41, 5.74) is 5.20. The van der Waals surface area contributed by atoms with Crippen LogP contribution in [-0.4, -0.2) is 22.2 Å². The summed E-state index contributed by atoms with van der Waals surface area (Å²) in [7, 11) is 0. The topological polar surface area (TPSA) is 72.9 Å². The first kappa shape index (κ1) is 10.7. The molecule has 0 fully saturated rings. The van der Waals surface area contributed by atoms with Crippen LogP contribution in [0.15, 0.2) is 12.3 Å². The molecule has 1 heterocycles. The predicted molar refractivity (Wildman–Crippen MR) is 54.7 cm³/mol. The van der Waals surface area contributed by atoms with Crippen molar-refractivity contribution >= 4 is 11.7 Å². The molecule has 0 aliphatic rings. The van der Waals surface area contributed by atoms with Crippen molar-refractivity contribution in [3.05, 3.63) is 12.3 Å². The molecule has 0 spiro atoms. The molecule has 3 N–H and O–H groups in total. The van der Waals surface area contributed by atoms with Gasteiger partial charge in [-0.15, -0.1) is 0 Å². The van der Waals surface area contributed by atoms with Crippen molar-refractivity contribution in [2.75, 3.05) is 11.9 Å². The number of anilines is 1. The number of carbonyl (C=O) groups excluding carboxylic acids is 1. The molecule has 0 atom stereocenters. The molecule has 0 radical (unpaired) electrons. The van der Waals surface area contributed by atoms with Gasteiger partial charge < -0.3 is 11.1 Å². The van der Waals surface area contributed by atoms with Gasteiger partial charge in [0, 0.05) is 12.6 Å². The van der Waals surface area contributed by atoms with Crippen LogP contribution in [0.3, 0.4) is 0 Å². The third-order valence-electron chi connectivity index (χ3n) is 1.71. The number of nitrogens with one attached hydrogen (secondary N) is 1. The van der Waals surface area contributed by atoms with Gasteiger partial charge in [0.25, 0.3) is 0 Å². The highest BCUT2D eigenvalue weighted by molar-refractivity contribution is 5.91. The first-order valence-corrected chi connectivity index (χ1v) is 4.65. The second-order valence-electron chi connectivity index (χ2n) is 3.54. The molecule has 1 amide bonds. The summed E-state index contributed by atoms with van der Waals surface area (Å²) < 4.78 is 1.76. The van der Waals surface area contributed by atoms with Crippen molar-refractivity contribution in [1.82, 2.24) is 9.78 Å². The van der Waals surface area contributed by atoms with E-state index < -0.39 is 0 Å². The minimum Gasteiger partial charge on any atom is -0.322 e. The van der Waals surface area contributed by atoms with Crippen LogP contribution in [-0.2, 0) is 11.3 Å². The van der Waals surface area contributed by atoms with E-state index in [4.69, 9.17) is 5.73 Å². The highest BCUT2D eigenvalue weighted by atomic mass is 16.1. The molecule has 14 heavy (non-hydrogen) atoms. The number of aromatic nitrogens is 2. The monoisotopic (exact) mass is 196 g/mol. The SMILES string of the molecule is CC(C)Cn1nccc1NC(=O)CN. The van der Waals surface area contributed by atoms with E-state index in [1.807, 2.05) is 0 Å². The zero-order chi connectivity index (χ0) is 10.6. The van der Waals surface area contributed by atoms with E-state index in [1.54, 1.807) is 16.9 Å². The Balaban J connectivity index is 2.67. The Morgan fingerprint density at radius 1 is 1.71 bits per heavy atom. The molecule has 1 aromatic rings. The van der Waals surface area contributed by atoms with Crippen molar-refractivity contribution in [2.24, 2.45) is 11.7 Å². The van der Waals surface area contributed by atoms with Crippen LogP contribution in [0.2, 0.25) is 0 Å². The van der Waals surface area contributed by atoms with Gasteiger partial charge in [0.05, 0.1) is 12.7 Å². The number of rotatable bonds is 4. The average Bonchev–Trinajstić information content (AvgIpc) is 2.52. The standard InChI is InChI=1S/C9H16N4O/c1-7(2)6-13-8(3-4-11-13)12-9(14)5-10/h3-4,7H,5-6,10H2,1-2H3,(H,12,14). The highest BCUT2D eigenvalue weighted by Crippen LogP contribution is 2.08. The molecule has 5 heteroatoms. The summed E-state index contributed by atoms with van der Waals surface area (Å²) in [4.78, 5) is 11.0. The van der Waals surface area contributed by atoms with Gasteiger partial charge in [-0.25, -0.2) is 4.68 Å². The Bertz CT molecular complexity index is 306. The highest BCUT2D eigenvalue weighted by Gasteiger charge is 2.06. The van der Waals surface area contributed by atoms with Crippen molar-refractivity contribution in [3.8, 4) is 0 Å². The number of hydrogen-bond acceptors (Lipinski definition) is 3. The van der Waals surface area contributed by atoms with Crippen LogP contribution in [0.4, 0.5) is 5.82 Å². The maximum atomic E-state index is 11.0. The van der Waals surface area contributed by atoms with Gasteiger partial charge in [-0.2, -0.15) is 5.10 Å². The normalized spacial score (nSPS) is 10.6. The molecule has 1 aromatic heterocycles. The predicted octanol–water partition coefficient (Wildman–Crippen LogP) is 0.436. The fourth-order valence-electron chi connectivity index (χ4n) is 1.12. The smallest absolute Gasteiger partial charge is 0.239 e. The van der Waals surface area contributed by atoms with Crippen LogP contribution < -0.4 is 11.1 Å². The van der Waals surface area contributed by atoms with Crippen LogP contribution in [0.5, 0.6) is 0 Å². The average molecular weight is 196 g/mol. The van der Waals surface area contributed by atoms with Crippen LogP contribution in [0, 0.1) is 5.92 Å². The van der Waals surface area contributed by atoms with Crippen LogP contribution in [0.25, 0.3) is 0 Å². The first-order chi connectivity index (χ1) is 6.63. The molecule has 0 saturated heterocycles. The second kappa shape index (κ2) is 4.76. The summed E-state index contributed by atoms with van der Waals surface area (Å²) in [5, 5.41) is 6.79. The van der Waals surface area contributed by atoms with Gasteiger partial charge in [0.15, 0.2) is 0 Å². The third-order valence-corrected chi connectivity index (χ3v) is 1.71. The summed E-state index contributed by atoms with van der Waals surface area (Å²) >= 11 is 0. The Morgan fingerprint density at radius 3 is 3.00 bits per heavy atom. The van der Waals surface area contributed by atoms with Crippen molar-refractivity contribution in [1.29, 1.82) is 0 Å². The number of amides is 1. The van der Waals surface area contributed by atoms with Gasteiger partial charge in [0.2, 0.25) is 5.91 Å². The third kappa shape index (κ3) is 2.85. The molecule has 0 aromatic carbocycles. The molecule has 1 rings (SSSR count). The number of carbonyl (C=O) groups is 1. The molecule has 0 bridgehead atoms. The Hall–Kier alpha value is -1.36. The fourth-order valence-corrected chi connectivity index (χ4v) is 1.12. The summed E-state index contributed by atoms with van der Waals surface area (Å²) in [6.45, 7) is 4.96. The van der Waals surface area contributed by atoms with E-state index >= 15 is 0 Å². The molecular weight excluding hydrogens is 180 g/mol. The van der Waals surface area contributed by atoms with Crippen LogP contribution >= 0.6 is 0 Å². The molecular formula is C9H16N4O. The lowest BCUT2D eigenvalue weighted by Gasteiger charge is -2.09. The zero-order valence-corrected chi connectivity index (χ0v) is 8.53. The van der Waals surface area contributed by atoms with E-state index in [0.717, 1.165) is 6.54 Å². The number of nitrogens with zero attached hydrogens (tertiary/aromatic N) is 2. The zero-order valence-electron chi connectivity index (χ0n) is 8.53. The molecule has 5 nitrogen and oxygen atoms in total. The largest absolute Gasteiger partial charge is 0.322 e. The summed E-state index contributed by atoms with van der Waals surface area (Å²) in [5.74, 6) is 0.994. The molecule has 0 unspecified atom stereocenters. The fraction of sp³-hybridized carbons (Fsp3) is 0.556. The van der Waals surface area contributed by atoms with Crippen molar-refractivity contribution in [3.63, 3.8) is 0 Å². The first-order valence-electron chi connectivity index (χ1n) is 4.65. The molecule has 78 valence electrons. The Labute approximate surface area is 83.3 Å². The quantitative estimate of drug-likeness (QED) is 0.733. The van der Waals surface area contributed by atoms with Crippen molar-refractivity contribution in [2.45, 2.75) is 20.4 Å². The van der Waals surface area contributed by atoms with Crippen molar-refractivity contribution < 1.29 is 4.79 Å². The minimum atomic E-state index is -0.199. The van der Waals surface area contributed by atoms with E-state index in [0.29, 0.717) is 11.7 Å². The lowest BCUT2D eigenvalue weighted by atomic mass is 10.2. The van der Waals surface area contributed by atoms with E-state index in [2.05, 4.69) is 24.3 Å². The lowest BCUT2D eigenvalue weighted by molar-refractivity contribution is -0.114. The Kier molecular flexibility index (Phi) is 3.64. The van der Waals surface area contributed by atoms with E-state index in [9.17, 15) is 4.79 Å². The van der Waals surface area contributed by atoms with Gasteiger partial charge >= 0.3 is 0 Å². The second-order valence-corrected chi connectivity index (χ2v) is 3.54. The maximum Gasteiger partial charge on any atom is 0.239 e. The van der Waals surface area contributed by atoms with Gasteiger partial charge in [-0.3, -0.25) is 4.79 Å².